The van der Waals surface area contributed by atoms with Gasteiger partial charge in [-0.05, 0) is 37.0 Å². The van der Waals surface area contributed by atoms with Crippen LogP contribution in [-0.2, 0) is 0 Å². The molecule has 2 N–H and O–H groups in total. The zero-order valence-electron chi connectivity index (χ0n) is 10.6. The Morgan fingerprint density at radius 3 is 2.82 bits per heavy atom. The van der Waals surface area contributed by atoms with Crippen LogP contribution in [-0.4, -0.2) is 19.1 Å². The van der Waals surface area contributed by atoms with E-state index in [1.165, 1.54) is 18.9 Å². The first-order chi connectivity index (χ1) is 8.10. The monoisotopic (exact) mass is 236 g/mol. The van der Waals surface area contributed by atoms with Gasteiger partial charge in [0.15, 0.2) is 0 Å². The van der Waals surface area contributed by atoms with Crippen molar-refractivity contribution < 1.29 is 4.39 Å². The Kier molecular flexibility index (Phi) is 3.38. The smallest absolute Gasteiger partial charge is 0.125 e. The van der Waals surface area contributed by atoms with Crippen molar-refractivity contribution in [1.29, 1.82) is 0 Å². The van der Waals surface area contributed by atoms with Crippen LogP contribution in [0.25, 0.3) is 0 Å². The predicted molar refractivity (Wildman–Crippen MR) is 69.6 cm³/mol. The number of nitrogens with two attached hydrogens (primary N) is 1. The van der Waals surface area contributed by atoms with Crippen molar-refractivity contribution >= 4 is 5.69 Å². The van der Waals surface area contributed by atoms with E-state index >= 15 is 0 Å². The molecule has 1 saturated carbocycles. The van der Waals surface area contributed by atoms with Crippen LogP contribution in [0.2, 0.25) is 0 Å². The van der Waals surface area contributed by atoms with Gasteiger partial charge >= 0.3 is 0 Å². The fraction of sp³-hybridized carbons (Fsp3) is 0.571. The van der Waals surface area contributed by atoms with E-state index in [1.54, 1.807) is 12.1 Å². The predicted octanol–water partition coefficient (Wildman–Crippen LogP) is 2.78. The van der Waals surface area contributed by atoms with E-state index in [0.717, 1.165) is 12.1 Å². The SMILES string of the molecule is CC1CCCC1(CN)N(C)c1cccc(F)c1. The number of hydrogen-bond donors (Lipinski definition) is 1. The Morgan fingerprint density at radius 1 is 1.53 bits per heavy atom. The number of rotatable bonds is 3. The maximum atomic E-state index is 13.3. The Balaban J connectivity index is 2.32. The second kappa shape index (κ2) is 4.65. The third-order valence-corrected chi connectivity index (χ3v) is 4.38. The van der Waals surface area contributed by atoms with Crippen molar-refractivity contribution in [3.63, 3.8) is 0 Å². The summed E-state index contributed by atoms with van der Waals surface area (Å²) in [5.41, 5.74) is 6.91. The van der Waals surface area contributed by atoms with Crippen LogP contribution < -0.4 is 10.6 Å². The van der Waals surface area contributed by atoms with E-state index < -0.39 is 0 Å². The van der Waals surface area contributed by atoms with E-state index in [-0.39, 0.29) is 11.4 Å². The molecule has 0 amide bonds. The summed E-state index contributed by atoms with van der Waals surface area (Å²) in [4.78, 5) is 2.17. The van der Waals surface area contributed by atoms with Gasteiger partial charge in [-0.15, -0.1) is 0 Å². The maximum absolute atomic E-state index is 13.3. The highest BCUT2D eigenvalue weighted by Gasteiger charge is 2.42. The van der Waals surface area contributed by atoms with E-state index in [4.69, 9.17) is 5.73 Å². The first-order valence-corrected chi connectivity index (χ1v) is 6.29. The zero-order chi connectivity index (χ0) is 12.5. The summed E-state index contributed by atoms with van der Waals surface area (Å²) >= 11 is 0. The lowest BCUT2D eigenvalue weighted by atomic mass is 9.86. The van der Waals surface area contributed by atoms with Gasteiger partial charge in [0, 0.05) is 19.3 Å². The molecule has 1 aliphatic carbocycles. The molecule has 0 spiro atoms. The average Bonchev–Trinajstić information content (AvgIpc) is 2.70. The van der Waals surface area contributed by atoms with Crippen molar-refractivity contribution in [1.82, 2.24) is 0 Å². The Morgan fingerprint density at radius 2 is 2.29 bits per heavy atom. The molecule has 1 fully saturated rings. The van der Waals surface area contributed by atoms with Crippen molar-refractivity contribution in [3.8, 4) is 0 Å². The van der Waals surface area contributed by atoms with Crippen molar-refractivity contribution in [2.75, 3.05) is 18.5 Å². The van der Waals surface area contributed by atoms with Crippen molar-refractivity contribution in [2.24, 2.45) is 11.7 Å². The molecule has 2 nitrogen and oxygen atoms in total. The van der Waals surface area contributed by atoms with E-state index in [9.17, 15) is 4.39 Å². The highest BCUT2D eigenvalue weighted by Crippen LogP contribution is 2.40. The molecule has 0 aliphatic heterocycles. The Bertz CT molecular complexity index is 394. The molecule has 3 heteroatoms. The Labute approximate surface area is 103 Å². The van der Waals surface area contributed by atoms with Gasteiger partial charge < -0.3 is 10.6 Å². The highest BCUT2D eigenvalue weighted by atomic mass is 19.1. The van der Waals surface area contributed by atoms with E-state index in [2.05, 4.69) is 11.8 Å². The summed E-state index contributed by atoms with van der Waals surface area (Å²) in [5, 5.41) is 0. The molecular weight excluding hydrogens is 215 g/mol. The molecule has 0 bridgehead atoms. The number of halogens is 1. The summed E-state index contributed by atoms with van der Waals surface area (Å²) < 4.78 is 13.3. The van der Waals surface area contributed by atoms with Crippen molar-refractivity contribution in [3.05, 3.63) is 30.1 Å². The van der Waals surface area contributed by atoms with Gasteiger partial charge in [0.1, 0.15) is 5.82 Å². The van der Waals surface area contributed by atoms with Crippen molar-refractivity contribution in [2.45, 2.75) is 31.7 Å². The van der Waals surface area contributed by atoms with Gasteiger partial charge in [0.05, 0.1) is 5.54 Å². The second-order valence-corrected chi connectivity index (χ2v) is 5.14. The maximum Gasteiger partial charge on any atom is 0.125 e. The zero-order valence-corrected chi connectivity index (χ0v) is 10.6. The fourth-order valence-corrected chi connectivity index (χ4v) is 3.11. The van der Waals surface area contributed by atoms with E-state index in [1.807, 2.05) is 13.1 Å². The second-order valence-electron chi connectivity index (χ2n) is 5.14. The van der Waals surface area contributed by atoms with Crippen LogP contribution in [0, 0.1) is 11.7 Å². The lowest BCUT2D eigenvalue weighted by molar-refractivity contribution is 0.331. The largest absolute Gasteiger partial charge is 0.367 e. The number of benzene rings is 1. The first kappa shape index (κ1) is 12.4. The molecule has 94 valence electrons. The number of likely N-dealkylation sites (N-methyl/N-ethyl adjacent to an activating group) is 1. The van der Waals surface area contributed by atoms with Crippen LogP contribution in [0.4, 0.5) is 10.1 Å². The van der Waals surface area contributed by atoms with E-state index in [0.29, 0.717) is 12.5 Å². The molecule has 17 heavy (non-hydrogen) atoms. The number of nitrogens with zero attached hydrogens (tertiary/aromatic N) is 1. The van der Waals surface area contributed by atoms with Crippen LogP contribution >= 0.6 is 0 Å². The third kappa shape index (κ3) is 2.04. The summed E-state index contributed by atoms with van der Waals surface area (Å²) in [5.74, 6) is 0.368. The van der Waals surface area contributed by atoms with Gasteiger partial charge in [-0.2, -0.15) is 0 Å². The van der Waals surface area contributed by atoms with Gasteiger partial charge in [-0.1, -0.05) is 19.4 Å². The molecule has 2 unspecified atom stereocenters. The lowest BCUT2D eigenvalue weighted by Crippen LogP contribution is -2.54. The number of hydrogen-bond acceptors (Lipinski definition) is 2. The summed E-state index contributed by atoms with van der Waals surface area (Å²) in [6.07, 6.45) is 3.51. The normalized spacial score (nSPS) is 28.4. The van der Waals surface area contributed by atoms with Crippen LogP contribution in [0.5, 0.6) is 0 Å². The molecule has 2 rings (SSSR count). The summed E-state index contributed by atoms with van der Waals surface area (Å²) in [6, 6.07) is 6.77. The summed E-state index contributed by atoms with van der Waals surface area (Å²) in [6.45, 7) is 2.87. The molecule has 0 radical (unpaired) electrons. The van der Waals surface area contributed by atoms with Crippen LogP contribution in [0.15, 0.2) is 24.3 Å². The molecule has 1 aromatic carbocycles. The first-order valence-electron chi connectivity index (χ1n) is 6.29. The van der Waals surface area contributed by atoms with Gasteiger partial charge in [-0.25, -0.2) is 4.39 Å². The molecule has 0 saturated heterocycles. The third-order valence-electron chi connectivity index (χ3n) is 4.38. The quantitative estimate of drug-likeness (QED) is 0.874. The average molecular weight is 236 g/mol. The lowest BCUT2D eigenvalue weighted by Gasteiger charge is -2.43. The molecule has 2 atom stereocenters. The van der Waals surface area contributed by atoms with Gasteiger partial charge in [0.2, 0.25) is 0 Å². The Hall–Kier alpha value is -1.09. The minimum atomic E-state index is -0.188. The van der Waals surface area contributed by atoms with Crippen LogP contribution in [0.1, 0.15) is 26.2 Å². The standard InChI is InChI=1S/C14H21FN2/c1-11-5-4-8-14(11,10-16)17(2)13-7-3-6-12(15)9-13/h3,6-7,9,11H,4-5,8,10,16H2,1-2H3. The number of anilines is 1. The van der Waals surface area contributed by atoms with Crippen LogP contribution in [0.3, 0.4) is 0 Å². The molecular formula is C14H21FN2. The summed E-state index contributed by atoms with van der Waals surface area (Å²) in [7, 11) is 2.03. The molecule has 1 aliphatic rings. The minimum Gasteiger partial charge on any atom is -0.367 e. The molecule has 0 heterocycles. The fourth-order valence-electron chi connectivity index (χ4n) is 3.11. The van der Waals surface area contributed by atoms with Gasteiger partial charge in [-0.3, -0.25) is 0 Å². The molecule has 0 aromatic heterocycles. The topological polar surface area (TPSA) is 29.3 Å². The highest BCUT2D eigenvalue weighted by molar-refractivity contribution is 5.49. The van der Waals surface area contributed by atoms with Gasteiger partial charge in [0.25, 0.3) is 0 Å². The minimum absolute atomic E-state index is 0.00616. The molecule has 1 aromatic rings.